The maximum absolute atomic E-state index is 13.1. The monoisotopic (exact) mass is 491 g/mol. The number of amides is 2. The molecule has 2 amide bonds. The molecule has 0 fully saturated rings. The van der Waals surface area contributed by atoms with Gasteiger partial charge in [-0.3, -0.25) is 14.3 Å². The Morgan fingerprint density at radius 3 is 2.36 bits per heavy atom. The van der Waals surface area contributed by atoms with Crippen molar-refractivity contribution >= 4 is 49.8 Å². The number of anilines is 2. The molecule has 2 aromatic carbocycles. The number of thiophene rings is 1. The zero-order chi connectivity index (χ0) is 24.2. The second-order valence-corrected chi connectivity index (χ2v) is 9.27. The Bertz CT molecular complexity index is 1310. The Morgan fingerprint density at radius 1 is 1.03 bits per heavy atom. The largest absolute Gasteiger partial charge is 0.449 e. The van der Waals surface area contributed by atoms with Gasteiger partial charge in [0.1, 0.15) is 10.8 Å². The highest BCUT2D eigenvalue weighted by Crippen LogP contribution is 2.24. The quantitative estimate of drug-likeness (QED) is 0.413. The number of carbonyl (C=O) groups is 3. The van der Waals surface area contributed by atoms with Crippen LogP contribution in [-0.2, 0) is 19.6 Å². The lowest BCUT2D eigenvalue weighted by atomic mass is 10.2. The number of benzene rings is 2. The van der Waals surface area contributed by atoms with Crippen molar-refractivity contribution in [3.05, 3.63) is 76.9 Å². The van der Waals surface area contributed by atoms with Crippen LogP contribution in [0.15, 0.2) is 64.9 Å². The van der Waals surface area contributed by atoms with Gasteiger partial charge in [-0.1, -0.05) is 12.1 Å². The SMILES string of the molecule is CC(OC(=O)c1ccccc1NS(=O)(=O)c1ccc(F)cc1)C(=O)Nc1sccc1C(N)=O. The summed E-state index contributed by atoms with van der Waals surface area (Å²) in [5.41, 5.74) is 5.13. The maximum Gasteiger partial charge on any atom is 0.341 e. The average molecular weight is 492 g/mol. The molecule has 0 aliphatic carbocycles. The standard InChI is InChI=1S/C21H18FN3O6S2/c1-12(19(27)24-20-16(18(23)26)10-11-32-20)31-21(28)15-4-2-3-5-17(15)25-33(29,30)14-8-6-13(22)7-9-14/h2-12,25H,1H3,(H2,23,26)(H,24,27). The zero-order valence-corrected chi connectivity index (χ0v) is 18.7. The number of hydrogen-bond donors (Lipinski definition) is 3. The Hall–Kier alpha value is -3.77. The number of para-hydroxylation sites is 1. The Morgan fingerprint density at radius 2 is 1.70 bits per heavy atom. The van der Waals surface area contributed by atoms with Crippen molar-refractivity contribution in [2.24, 2.45) is 5.73 Å². The van der Waals surface area contributed by atoms with Crippen molar-refractivity contribution in [3.8, 4) is 0 Å². The molecule has 0 saturated carbocycles. The van der Waals surface area contributed by atoms with Gasteiger partial charge in [-0.2, -0.15) is 0 Å². The molecule has 0 radical (unpaired) electrons. The molecular weight excluding hydrogens is 473 g/mol. The van der Waals surface area contributed by atoms with Gasteiger partial charge in [-0.05, 0) is 54.8 Å². The van der Waals surface area contributed by atoms with Crippen molar-refractivity contribution in [2.75, 3.05) is 10.0 Å². The maximum atomic E-state index is 13.1. The van der Waals surface area contributed by atoms with Crippen LogP contribution in [0, 0.1) is 5.82 Å². The van der Waals surface area contributed by atoms with Crippen molar-refractivity contribution in [2.45, 2.75) is 17.9 Å². The molecule has 12 heteroatoms. The summed E-state index contributed by atoms with van der Waals surface area (Å²) in [6, 6.07) is 11.2. The highest BCUT2D eigenvalue weighted by molar-refractivity contribution is 7.92. The van der Waals surface area contributed by atoms with Crippen molar-refractivity contribution in [3.63, 3.8) is 0 Å². The summed E-state index contributed by atoms with van der Waals surface area (Å²) in [5.74, 6) is -3.00. The molecule has 0 aliphatic rings. The van der Waals surface area contributed by atoms with Crippen LogP contribution in [0.5, 0.6) is 0 Å². The van der Waals surface area contributed by atoms with Crippen LogP contribution in [0.4, 0.5) is 15.1 Å². The highest BCUT2D eigenvalue weighted by atomic mass is 32.2. The molecule has 0 aliphatic heterocycles. The van der Waals surface area contributed by atoms with Gasteiger partial charge in [0.15, 0.2) is 6.10 Å². The number of nitrogens with two attached hydrogens (primary N) is 1. The van der Waals surface area contributed by atoms with Crippen molar-refractivity contribution < 1.29 is 31.9 Å². The minimum absolute atomic E-state index is 0.0892. The van der Waals surface area contributed by atoms with Crippen LogP contribution in [0.3, 0.4) is 0 Å². The van der Waals surface area contributed by atoms with Gasteiger partial charge >= 0.3 is 5.97 Å². The zero-order valence-electron chi connectivity index (χ0n) is 17.1. The molecule has 1 aromatic heterocycles. The number of nitrogens with one attached hydrogen (secondary N) is 2. The fourth-order valence-corrected chi connectivity index (χ4v) is 4.53. The first kappa shape index (κ1) is 23.9. The number of hydrogen-bond acceptors (Lipinski definition) is 7. The molecule has 1 atom stereocenters. The third-order valence-corrected chi connectivity index (χ3v) is 6.55. The number of carbonyl (C=O) groups excluding carboxylic acids is 3. The number of primary amides is 1. The Balaban J connectivity index is 1.74. The summed E-state index contributed by atoms with van der Waals surface area (Å²) in [5, 5.41) is 4.24. The molecule has 172 valence electrons. The van der Waals surface area contributed by atoms with Crippen molar-refractivity contribution in [1.82, 2.24) is 0 Å². The molecule has 3 aromatic rings. The highest BCUT2D eigenvalue weighted by Gasteiger charge is 2.24. The predicted molar refractivity (Wildman–Crippen MR) is 120 cm³/mol. The molecule has 4 N–H and O–H groups in total. The third kappa shape index (κ3) is 5.73. The summed E-state index contributed by atoms with van der Waals surface area (Å²) in [4.78, 5) is 36.2. The first-order valence-electron chi connectivity index (χ1n) is 9.35. The molecule has 1 unspecified atom stereocenters. The van der Waals surface area contributed by atoms with E-state index in [9.17, 15) is 27.2 Å². The number of halogens is 1. The van der Waals surface area contributed by atoms with E-state index in [-0.39, 0.29) is 26.7 Å². The third-order valence-electron chi connectivity index (χ3n) is 4.34. The van der Waals surface area contributed by atoms with Crippen LogP contribution in [0.1, 0.15) is 27.6 Å². The van der Waals surface area contributed by atoms with Gasteiger partial charge in [0.05, 0.1) is 21.7 Å². The van der Waals surface area contributed by atoms with E-state index in [1.165, 1.54) is 37.3 Å². The lowest BCUT2D eigenvalue weighted by Crippen LogP contribution is -2.30. The van der Waals surface area contributed by atoms with Gasteiger partial charge in [-0.25, -0.2) is 17.6 Å². The lowest BCUT2D eigenvalue weighted by Gasteiger charge is -2.16. The first-order valence-corrected chi connectivity index (χ1v) is 11.7. The minimum atomic E-state index is -4.12. The molecular formula is C21H18FN3O6S2. The smallest absolute Gasteiger partial charge is 0.341 e. The van der Waals surface area contributed by atoms with E-state index in [2.05, 4.69) is 10.0 Å². The normalized spacial score (nSPS) is 11.9. The molecule has 0 bridgehead atoms. The molecule has 3 rings (SSSR count). The van der Waals surface area contributed by atoms with Crippen LogP contribution >= 0.6 is 11.3 Å². The van der Waals surface area contributed by atoms with E-state index in [0.717, 1.165) is 35.6 Å². The topological polar surface area (TPSA) is 145 Å². The van der Waals surface area contributed by atoms with Gasteiger partial charge in [0, 0.05) is 0 Å². The van der Waals surface area contributed by atoms with E-state index >= 15 is 0 Å². The summed E-state index contributed by atoms with van der Waals surface area (Å²) >= 11 is 1.07. The number of ether oxygens (including phenoxy) is 1. The summed E-state index contributed by atoms with van der Waals surface area (Å²) in [6.45, 7) is 1.32. The van der Waals surface area contributed by atoms with Crippen LogP contribution in [0.2, 0.25) is 0 Å². The number of rotatable bonds is 8. The predicted octanol–water partition coefficient (Wildman–Crippen LogP) is 2.97. The van der Waals surface area contributed by atoms with E-state index in [4.69, 9.17) is 10.5 Å². The second kappa shape index (κ2) is 9.79. The summed E-state index contributed by atoms with van der Waals surface area (Å²) in [7, 11) is -4.12. The van der Waals surface area contributed by atoms with E-state index in [1.54, 1.807) is 5.38 Å². The Kier molecular flexibility index (Phi) is 7.09. The van der Waals surface area contributed by atoms with Crippen LogP contribution in [-0.4, -0.2) is 32.3 Å². The average Bonchev–Trinajstić information content (AvgIpc) is 3.22. The molecule has 33 heavy (non-hydrogen) atoms. The summed E-state index contributed by atoms with van der Waals surface area (Å²) < 4.78 is 45.7. The lowest BCUT2D eigenvalue weighted by molar-refractivity contribution is -0.123. The summed E-state index contributed by atoms with van der Waals surface area (Å²) in [6.07, 6.45) is -1.28. The molecule has 1 heterocycles. The molecule has 0 saturated heterocycles. The van der Waals surface area contributed by atoms with Gasteiger partial charge in [0.25, 0.3) is 21.8 Å². The fraction of sp³-hybridized carbons (Fsp3) is 0.0952. The van der Waals surface area contributed by atoms with Gasteiger partial charge in [-0.15, -0.1) is 11.3 Å². The van der Waals surface area contributed by atoms with Gasteiger partial charge < -0.3 is 15.8 Å². The Labute approximate surface area is 192 Å². The van der Waals surface area contributed by atoms with E-state index < -0.39 is 39.7 Å². The van der Waals surface area contributed by atoms with Crippen LogP contribution in [0.25, 0.3) is 0 Å². The van der Waals surface area contributed by atoms with E-state index in [0.29, 0.717) is 0 Å². The number of esters is 1. The van der Waals surface area contributed by atoms with E-state index in [1.807, 2.05) is 0 Å². The second-order valence-electron chi connectivity index (χ2n) is 6.67. The van der Waals surface area contributed by atoms with Crippen LogP contribution < -0.4 is 15.8 Å². The minimum Gasteiger partial charge on any atom is -0.449 e. The molecule has 9 nitrogen and oxygen atoms in total. The first-order chi connectivity index (χ1) is 15.6. The van der Waals surface area contributed by atoms with Gasteiger partial charge in [0.2, 0.25) is 0 Å². The van der Waals surface area contributed by atoms with Crippen molar-refractivity contribution in [1.29, 1.82) is 0 Å². The fourth-order valence-electron chi connectivity index (χ4n) is 2.66. The number of sulfonamides is 1. The molecule has 0 spiro atoms.